The first-order valence-electron chi connectivity index (χ1n) is 13.4. The number of unbranched alkanes of at least 4 members (excludes halogenated alkanes) is 2. The van der Waals surface area contributed by atoms with Gasteiger partial charge in [-0.3, -0.25) is 9.98 Å². The third-order valence-electron chi connectivity index (χ3n) is 6.25. The summed E-state index contributed by atoms with van der Waals surface area (Å²) in [5.74, 6) is 2.27. The summed E-state index contributed by atoms with van der Waals surface area (Å²) in [4.78, 5) is 9.63. The molecule has 37 heavy (non-hydrogen) atoms. The van der Waals surface area contributed by atoms with Gasteiger partial charge in [0.1, 0.15) is 0 Å². The molecule has 5 nitrogen and oxygen atoms in total. The number of rotatable bonds is 12. The van der Waals surface area contributed by atoms with Gasteiger partial charge in [0.05, 0.1) is 37.0 Å². The van der Waals surface area contributed by atoms with Crippen LogP contribution in [0, 0.1) is 41.5 Å². The van der Waals surface area contributed by atoms with Crippen molar-refractivity contribution < 1.29 is 13.9 Å². The highest BCUT2D eigenvalue weighted by atomic mass is 16.5. The van der Waals surface area contributed by atoms with Crippen molar-refractivity contribution in [1.82, 2.24) is 0 Å². The highest BCUT2D eigenvalue weighted by molar-refractivity contribution is 5.91. The second-order valence-corrected chi connectivity index (χ2v) is 9.90. The van der Waals surface area contributed by atoms with Crippen molar-refractivity contribution in [3.8, 4) is 11.5 Å². The van der Waals surface area contributed by atoms with Crippen LogP contribution < -0.4 is 9.47 Å². The highest BCUT2D eigenvalue weighted by Gasteiger charge is 2.22. The van der Waals surface area contributed by atoms with Gasteiger partial charge >= 0.3 is 0 Å². The smallest absolute Gasteiger partial charge is 0.209 e. The zero-order valence-corrected chi connectivity index (χ0v) is 23.8. The van der Waals surface area contributed by atoms with Gasteiger partial charge in [-0.25, -0.2) is 0 Å². The monoisotopic (exact) mass is 502 g/mol. The summed E-state index contributed by atoms with van der Waals surface area (Å²) in [5, 5.41) is 0. The molecule has 0 unspecified atom stereocenters. The molecule has 1 aromatic heterocycles. The molecular weight excluding hydrogens is 460 g/mol. The van der Waals surface area contributed by atoms with Crippen LogP contribution in [0.3, 0.4) is 0 Å². The van der Waals surface area contributed by atoms with Gasteiger partial charge in [-0.05, 0) is 76.6 Å². The molecule has 0 spiro atoms. The highest BCUT2D eigenvalue weighted by Crippen LogP contribution is 2.38. The molecule has 0 radical (unpaired) electrons. The summed E-state index contributed by atoms with van der Waals surface area (Å²) < 4.78 is 18.8. The van der Waals surface area contributed by atoms with Crippen molar-refractivity contribution in [3.05, 3.63) is 69.2 Å². The largest absolute Gasteiger partial charge is 0.486 e. The summed E-state index contributed by atoms with van der Waals surface area (Å²) in [6.07, 6.45) is 7.45. The lowest BCUT2D eigenvalue weighted by molar-refractivity contribution is 0.263. The average Bonchev–Trinajstić information content (AvgIpc) is 3.14. The van der Waals surface area contributed by atoms with Crippen molar-refractivity contribution in [2.45, 2.75) is 81.1 Å². The summed E-state index contributed by atoms with van der Waals surface area (Å²) in [6.45, 7) is 18.0. The van der Waals surface area contributed by atoms with E-state index >= 15 is 0 Å². The maximum Gasteiger partial charge on any atom is 0.209 e. The Balaban J connectivity index is 2.08. The molecule has 0 bridgehead atoms. The second kappa shape index (κ2) is 13.3. The van der Waals surface area contributed by atoms with Crippen LogP contribution in [0.25, 0.3) is 0 Å². The first kappa shape index (κ1) is 28.2. The van der Waals surface area contributed by atoms with E-state index < -0.39 is 0 Å². The number of aliphatic imine (C=N–C) groups is 2. The third-order valence-corrected chi connectivity index (χ3v) is 6.25. The van der Waals surface area contributed by atoms with Crippen LogP contribution >= 0.6 is 0 Å². The van der Waals surface area contributed by atoms with Crippen LogP contribution in [0.4, 0.5) is 11.4 Å². The molecule has 0 aliphatic rings. The number of nitrogens with zero attached hydrogens (tertiary/aromatic N) is 2. The molecule has 0 aliphatic heterocycles. The zero-order valence-electron chi connectivity index (χ0n) is 23.8. The Kier molecular flexibility index (Phi) is 10.1. The molecular formula is C32H42N2O3. The van der Waals surface area contributed by atoms with Crippen LogP contribution in [-0.2, 0) is 0 Å². The molecule has 198 valence electrons. The van der Waals surface area contributed by atoms with E-state index in [0.29, 0.717) is 36.2 Å². The molecule has 0 fully saturated rings. The van der Waals surface area contributed by atoms with Crippen molar-refractivity contribution in [1.29, 1.82) is 0 Å². The van der Waals surface area contributed by atoms with Crippen molar-refractivity contribution in [2.24, 2.45) is 9.98 Å². The van der Waals surface area contributed by atoms with Gasteiger partial charge in [0, 0.05) is 0 Å². The van der Waals surface area contributed by atoms with Gasteiger partial charge < -0.3 is 13.9 Å². The molecule has 0 N–H and O–H groups in total. The van der Waals surface area contributed by atoms with Gasteiger partial charge in [-0.1, -0.05) is 62.1 Å². The number of aryl methyl sites for hydroxylation is 6. The number of hydrogen-bond acceptors (Lipinski definition) is 5. The standard InChI is InChI=1S/C32H42N2O3/c1-9-11-13-35-31-27(19-33-29-23(5)15-21(3)16-24(29)6)37-28(32(31)36-14-12-10-2)20-34-30-25(7)17-22(4)18-26(30)8/h15-20H,9-14H2,1-8H3. The molecule has 0 amide bonds. The molecule has 0 saturated carbocycles. The first-order chi connectivity index (χ1) is 17.7. The zero-order chi connectivity index (χ0) is 26.9. The molecule has 0 saturated heterocycles. The van der Waals surface area contributed by atoms with Gasteiger partial charge in [0.2, 0.25) is 11.5 Å². The summed E-state index contributed by atoms with van der Waals surface area (Å²) >= 11 is 0. The molecule has 2 aromatic carbocycles. The van der Waals surface area contributed by atoms with E-state index in [0.717, 1.165) is 59.3 Å². The second-order valence-electron chi connectivity index (χ2n) is 9.90. The number of benzene rings is 2. The van der Waals surface area contributed by atoms with E-state index in [1.165, 1.54) is 11.1 Å². The summed E-state index contributed by atoms with van der Waals surface area (Å²) in [5.41, 5.74) is 8.83. The average molecular weight is 503 g/mol. The first-order valence-corrected chi connectivity index (χ1v) is 13.4. The van der Waals surface area contributed by atoms with Gasteiger partial charge in [0.15, 0.2) is 11.5 Å². The fraction of sp³-hybridized carbons (Fsp3) is 0.438. The number of hydrogen-bond donors (Lipinski definition) is 0. The van der Waals surface area contributed by atoms with Gasteiger partial charge in [-0.15, -0.1) is 0 Å². The lowest BCUT2D eigenvalue weighted by atomic mass is 10.1. The van der Waals surface area contributed by atoms with Crippen molar-refractivity contribution in [2.75, 3.05) is 13.2 Å². The van der Waals surface area contributed by atoms with Crippen molar-refractivity contribution >= 4 is 23.8 Å². The normalized spacial score (nSPS) is 11.7. The minimum absolute atomic E-state index is 0.542. The van der Waals surface area contributed by atoms with E-state index in [2.05, 4.69) is 79.7 Å². The molecule has 1 heterocycles. The quantitative estimate of drug-likeness (QED) is 0.183. The molecule has 5 heteroatoms. The fourth-order valence-corrected chi connectivity index (χ4v) is 4.51. The summed E-state index contributed by atoms with van der Waals surface area (Å²) in [7, 11) is 0. The van der Waals surface area contributed by atoms with E-state index in [-0.39, 0.29) is 0 Å². The van der Waals surface area contributed by atoms with Crippen LogP contribution in [0.2, 0.25) is 0 Å². The van der Waals surface area contributed by atoms with Crippen LogP contribution in [0.5, 0.6) is 11.5 Å². The Bertz CT molecular complexity index is 1130. The Morgan fingerprint density at radius 3 is 1.30 bits per heavy atom. The molecule has 3 aromatic rings. The number of ether oxygens (including phenoxy) is 2. The summed E-state index contributed by atoms with van der Waals surface area (Å²) in [6, 6.07) is 8.57. The van der Waals surface area contributed by atoms with Crippen LogP contribution in [-0.4, -0.2) is 25.6 Å². The van der Waals surface area contributed by atoms with Crippen LogP contribution in [0.1, 0.15) is 84.4 Å². The maximum atomic E-state index is 6.31. The van der Waals surface area contributed by atoms with E-state index in [1.807, 2.05) is 0 Å². The van der Waals surface area contributed by atoms with E-state index in [9.17, 15) is 0 Å². The Hall–Kier alpha value is -3.34. The fourth-order valence-electron chi connectivity index (χ4n) is 4.51. The lowest BCUT2D eigenvalue weighted by Crippen LogP contribution is -2.03. The SMILES string of the molecule is CCCCOc1c(C=Nc2c(C)cc(C)cc2C)oc(C=Nc2c(C)cc(C)cc2C)c1OCCCC. The predicted molar refractivity (Wildman–Crippen MR) is 155 cm³/mol. The molecule has 0 atom stereocenters. The van der Waals surface area contributed by atoms with E-state index in [1.54, 1.807) is 12.4 Å². The predicted octanol–water partition coefficient (Wildman–Crippen LogP) is 8.99. The third kappa shape index (κ3) is 7.34. The van der Waals surface area contributed by atoms with Crippen LogP contribution in [0.15, 0.2) is 38.7 Å². The minimum Gasteiger partial charge on any atom is -0.486 e. The Morgan fingerprint density at radius 1 is 0.622 bits per heavy atom. The van der Waals surface area contributed by atoms with E-state index in [4.69, 9.17) is 23.9 Å². The Labute approximate surface area is 222 Å². The Morgan fingerprint density at radius 2 is 0.973 bits per heavy atom. The maximum absolute atomic E-state index is 6.31. The van der Waals surface area contributed by atoms with Gasteiger partial charge in [0.25, 0.3) is 0 Å². The lowest BCUT2D eigenvalue weighted by Gasteiger charge is -2.09. The van der Waals surface area contributed by atoms with Crippen molar-refractivity contribution in [3.63, 3.8) is 0 Å². The minimum atomic E-state index is 0.542. The topological polar surface area (TPSA) is 56.3 Å². The van der Waals surface area contributed by atoms with Gasteiger partial charge in [-0.2, -0.15) is 0 Å². The molecule has 0 aliphatic carbocycles. The molecule has 3 rings (SSSR count). The number of furan rings is 1.